The van der Waals surface area contributed by atoms with E-state index in [1.807, 2.05) is 74.7 Å². The third-order valence-corrected chi connectivity index (χ3v) is 10.9. The second-order valence-electron chi connectivity index (χ2n) is 16.1. The van der Waals surface area contributed by atoms with Crippen molar-refractivity contribution in [1.29, 1.82) is 0 Å². The Labute approximate surface area is 388 Å². The van der Waals surface area contributed by atoms with Gasteiger partial charge in [0.25, 0.3) is 0 Å². The normalized spacial score (nSPS) is 13.4. The molecule has 1 aliphatic carbocycles. The van der Waals surface area contributed by atoms with Crippen molar-refractivity contribution in [2.45, 2.75) is 194 Å². The minimum atomic E-state index is -0.653. The van der Waals surface area contributed by atoms with Gasteiger partial charge in [-0.1, -0.05) is 138 Å². The van der Waals surface area contributed by atoms with Crippen molar-refractivity contribution in [2.24, 2.45) is 11.3 Å². The molecule has 3 atom stereocenters. The van der Waals surface area contributed by atoms with Gasteiger partial charge in [0.05, 0.1) is 16.4 Å². The van der Waals surface area contributed by atoms with Gasteiger partial charge in [-0.05, 0) is 144 Å². The van der Waals surface area contributed by atoms with E-state index in [9.17, 15) is 4.39 Å². The van der Waals surface area contributed by atoms with Gasteiger partial charge < -0.3 is 5.32 Å². The number of allylic oxidation sites excluding steroid dienone is 6. The fourth-order valence-electron chi connectivity index (χ4n) is 6.37. The molecule has 0 saturated carbocycles. The van der Waals surface area contributed by atoms with Gasteiger partial charge in [0, 0.05) is 35.9 Å². The van der Waals surface area contributed by atoms with Crippen LogP contribution >= 0.6 is 11.3 Å². The Morgan fingerprint density at radius 2 is 1.61 bits per heavy atom. The van der Waals surface area contributed by atoms with Crippen LogP contribution in [0.1, 0.15) is 202 Å². The van der Waals surface area contributed by atoms with Gasteiger partial charge in [-0.25, -0.2) is 9.37 Å². The quantitative estimate of drug-likeness (QED) is 0.0786. The second kappa shape index (κ2) is 37.9. The van der Waals surface area contributed by atoms with E-state index in [1.165, 1.54) is 74.5 Å². The molecule has 62 heavy (non-hydrogen) atoms. The van der Waals surface area contributed by atoms with Crippen LogP contribution in [0.4, 0.5) is 4.39 Å². The molecule has 2 aromatic heterocycles. The van der Waals surface area contributed by atoms with Crippen LogP contribution in [-0.4, -0.2) is 29.7 Å². The molecule has 3 nitrogen and oxygen atoms in total. The van der Waals surface area contributed by atoms with E-state index >= 15 is 0 Å². The summed E-state index contributed by atoms with van der Waals surface area (Å²) in [7, 11) is 2.01. The van der Waals surface area contributed by atoms with E-state index in [0.717, 1.165) is 57.2 Å². The summed E-state index contributed by atoms with van der Waals surface area (Å²) in [6.45, 7) is 44.2. The Morgan fingerprint density at radius 3 is 2.11 bits per heavy atom. The average molecular weight is 872 g/mol. The lowest BCUT2D eigenvalue weighted by atomic mass is 9.76. The molecule has 1 N–H and O–H groups in total. The molecule has 1 aromatic carbocycles. The minimum absolute atomic E-state index is 0.0629. The fraction of sp³-hybridized carbons (Fsp3) is 0.579. The first-order chi connectivity index (χ1) is 29.6. The summed E-state index contributed by atoms with van der Waals surface area (Å²) in [6.07, 6.45) is 21.2. The molecule has 350 valence electrons. The number of rotatable bonds is 18. The molecule has 0 saturated heterocycles. The van der Waals surface area contributed by atoms with Crippen molar-refractivity contribution in [3.63, 3.8) is 0 Å². The van der Waals surface area contributed by atoms with Gasteiger partial charge in [-0.15, -0.1) is 30.3 Å². The molecule has 3 aromatic rings. The number of alkyl halides is 1. The van der Waals surface area contributed by atoms with E-state index < -0.39 is 6.17 Å². The highest BCUT2D eigenvalue weighted by Crippen LogP contribution is 2.42. The second-order valence-corrected chi connectivity index (χ2v) is 17.0. The Hall–Kier alpha value is -3.59. The van der Waals surface area contributed by atoms with Crippen molar-refractivity contribution in [3.05, 3.63) is 106 Å². The highest BCUT2D eigenvalue weighted by molar-refractivity contribution is 7.09. The molecule has 1 aliphatic rings. The third-order valence-electron chi connectivity index (χ3n) is 10.0. The van der Waals surface area contributed by atoms with E-state index in [0.29, 0.717) is 5.92 Å². The number of hydrogen-bond donors (Lipinski definition) is 1. The molecule has 4 rings (SSSR count). The summed E-state index contributed by atoms with van der Waals surface area (Å²) in [5, 5.41) is 6.63. The number of nitrogens with one attached hydrogen (secondary N) is 1. The average Bonchev–Trinajstić information content (AvgIpc) is 3.84. The molecular formula is C57H94FN3S. The minimum Gasteiger partial charge on any atom is -0.320 e. The van der Waals surface area contributed by atoms with Gasteiger partial charge in [-0.2, -0.15) is 0 Å². The van der Waals surface area contributed by atoms with Crippen molar-refractivity contribution in [2.75, 3.05) is 13.6 Å². The van der Waals surface area contributed by atoms with Gasteiger partial charge in [0.1, 0.15) is 6.17 Å². The zero-order chi connectivity index (χ0) is 48.3. The van der Waals surface area contributed by atoms with Crippen LogP contribution < -0.4 is 5.32 Å². The van der Waals surface area contributed by atoms with Gasteiger partial charge in [-0.3, -0.25) is 4.98 Å². The van der Waals surface area contributed by atoms with Gasteiger partial charge in [0.15, 0.2) is 0 Å². The molecule has 0 fully saturated rings. The van der Waals surface area contributed by atoms with Crippen LogP contribution in [0, 0.1) is 30.6 Å². The van der Waals surface area contributed by atoms with Crippen molar-refractivity contribution in [3.8, 4) is 23.6 Å². The maximum Gasteiger partial charge on any atom is 0.107 e. The summed E-state index contributed by atoms with van der Waals surface area (Å²) in [5.74, 6) is 3.45. The number of nitrogens with zero attached hydrogens (tertiary/aromatic N) is 2. The number of hydrogen-bond acceptors (Lipinski definition) is 4. The van der Waals surface area contributed by atoms with Crippen LogP contribution in [-0.2, 0) is 6.42 Å². The lowest BCUT2D eigenvalue weighted by molar-refractivity contribution is 0.334. The Balaban J connectivity index is -0.00000154. The van der Waals surface area contributed by atoms with E-state index in [-0.39, 0.29) is 11.3 Å². The summed E-state index contributed by atoms with van der Waals surface area (Å²) < 4.78 is 12.1. The largest absolute Gasteiger partial charge is 0.320 e. The first kappa shape index (κ1) is 62.7. The molecule has 0 amide bonds. The topological polar surface area (TPSA) is 37.8 Å². The number of benzene rings is 1. The summed E-state index contributed by atoms with van der Waals surface area (Å²) in [6, 6.07) is 11.2. The van der Waals surface area contributed by atoms with Gasteiger partial charge in [0.2, 0.25) is 0 Å². The fourth-order valence-corrected chi connectivity index (χ4v) is 7.18. The first-order valence-corrected chi connectivity index (χ1v) is 24.9. The lowest BCUT2D eigenvalue weighted by Crippen LogP contribution is -2.13. The molecule has 3 unspecified atom stereocenters. The number of halogens is 1. The maximum absolute atomic E-state index is 12.1. The SMILES string of the molecule is C#CCCC(C)(C)C/C(=C(/C)c1cccnc1C(C)CC)c1cc(-c2csc(CCC(=C)CCCCNC)n2)ccc1C.C=CC.CC.CC.CC.CC1=CC1C(C)F.CCC. The Kier molecular flexibility index (Phi) is 38.3. The molecule has 0 bridgehead atoms. The third kappa shape index (κ3) is 25.5. The predicted octanol–water partition coefficient (Wildman–Crippen LogP) is 18.3. The molecular weight excluding hydrogens is 778 g/mol. The smallest absolute Gasteiger partial charge is 0.107 e. The van der Waals surface area contributed by atoms with Crippen LogP contribution in [0.15, 0.2) is 78.4 Å². The lowest BCUT2D eigenvalue weighted by Gasteiger charge is -2.28. The van der Waals surface area contributed by atoms with Crippen molar-refractivity contribution in [1.82, 2.24) is 15.3 Å². The molecule has 0 radical (unpaired) electrons. The highest BCUT2D eigenvalue weighted by atomic mass is 32.1. The number of unbranched alkanes of at least 4 members (excludes halogenated alkanes) is 1. The van der Waals surface area contributed by atoms with Crippen molar-refractivity contribution < 1.29 is 4.39 Å². The zero-order valence-corrected chi connectivity index (χ0v) is 44.2. The highest BCUT2D eigenvalue weighted by Gasteiger charge is 2.26. The maximum atomic E-state index is 12.1. The Bertz CT molecular complexity index is 1720. The van der Waals surface area contributed by atoms with E-state index in [1.54, 1.807) is 24.3 Å². The Morgan fingerprint density at radius 1 is 1.02 bits per heavy atom. The standard InChI is InChI=1S/C39H53N3S.C6H9F.C3H8.C3H6.3C2H6/c1-10-12-22-39(7,8)26-35(31(6)33-17-15-24-41-38(33)29(4)11-2)34-25-32(20-19-30(34)5)36-27-43-37(42-36)21-18-28(3)16-13-14-23-40-9;1-4-3-6(4)5(2)7;2*1-3-2;3*1-2/h1,15,17,19-20,24-25,27,29,40H,3,11-14,16,18,21-23,26H2,2,4-9H3;3,5-6H,1-2H3;3H2,1-2H3;3H,1H2,2H3;3*1-2H3/b35-31+;;;;;;. The number of terminal acetylenes is 1. The van der Waals surface area contributed by atoms with Crippen LogP contribution in [0.3, 0.4) is 0 Å². The number of pyridine rings is 1. The van der Waals surface area contributed by atoms with Crippen LogP contribution in [0.5, 0.6) is 0 Å². The molecule has 0 aliphatic heterocycles. The molecule has 0 spiro atoms. The summed E-state index contributed by atoms with van der Waals surface area (Å²) in [5.41, 5.74) is 12.5. The monoisotopic (exact) mass is 872 g/mol. The predicted molar refractivity (Wildman–Crippen MR) is 283 cm³/mol. The summed E-state index contributed by atoms with van der Waals surface area (Å²) in [4.78, 5) is 9.94. The van der Waals surface area contributed by atoms with Crippen LogP contribution in [0.25, 0.3) is 22.4 Å². The summed E-state index contributed by atoms with van der Waals surface area (Å²) >= 11 is 1.77. The zero-order valence-electron chi connectivity index (χ0n) is 43.4. The van der Waals surface area contributed by atoms with Crippen LogP contribution in [0.2, 0.25) is 0 Å². The van der Waals surface area contributed by atoms with E-state index in [2.05, 4.69) is 115 Å². The number of aromatic nitrogens is 2. The first-order valence-electron chi connectivity index (χ1n) is 24.0. The van der Waals surface area contributed by atoms with Crippen molar-refractivity contribution >= 4 is 22.5 Å². The molecule has 5 heteroatoms. The van der Waals surface area contributed by atoms with E-state index in [4.69, 9.17) is 16.4 Å². The molecule has 2 heterocycles. The van der Waals surface area contributed by atoms with Gasteiger partial charge >= 0.3 is 0 Å². The number of aryl methyl sites for hydroxylation is 2. The number of thiazole rings is 1.